The highest BCUT2D eigenvalue weighted by molar-refractivity contribution is 5.92. The number of nitrogens with zero attached hydrogens (tertiary/aromatic N) is 2. The van der Waals surface area contributed by atoms with Gasteiger partial charge in [0.1, 0.15) is 5.69 Å². The van der Waals surface area contributed by atoms with E-state index in [1.54, 1.807) is 0 Å². The molecule has 4 aliphatic carbocycles. The zero-order valence-electron chi connectivity index (χ0n) is 13.3. The largest absolute Gasteiger partial charge is 0.348 e. The predicted octanol–water partition coefficient (Wildman–Crippen LogP) is 3.61. The lowest BCUT2D eigenvalue weighted by Gasteiger charge is -2.59. The van der Waals surface area contributed by atoms with Gasteiger partial charge in [-0.1, -0.05) is 0 Å². The fraction of sp³-hybridized carbons (Fsp3) is 0.765. The highest BCUT2D eigenvalue weighted by Crippen LogP contribution is 2.61. The first-order valence-corrected chi connectivity index (χ1v) is 8.59. The number of nitrogens with one attached hydrogen (secondary N) is 1. The Balaban J connectivity index is 1.47. The van der Waals surface area contributed by atoms with E-state index in [4.69, 9.17) is 0 Å². The molecule has 6 heteroatoms. The van der Waals surface area contributed by atoms with E-state index >= 15 is 0 Å². The van der Waals surface area contributed by atoms with Crippen molar-refractivity contribution in [3.05, 3.63) is 18.0 Å². The number of hydrogen-bond donors (Lipinski definition) is 1. The van der Waals surface area contributed by atoms with Gasteiger partial charge in [-0.25, -0.2) is 4.68 Å². The first-order chi connectivity index (χ1) is 10.9. The minimum Gasteiger partial charge on any atom is -0.348 e. The number of carbonyl (C=O) groups is 1. The summed E-state index contributed by atoms with van der Waals surface area (Å²) >= 11 is 0. The number of halogens is 2. The summed E-state index contributed by atoms with van der Waals surface area (Å²) in [5.41, 5.74) is 0.275. The van der Waals surface area contributed by atoms with Crippen LogP contribution in [0.1, 0.15) is 62.5 Å². The van der Waals surface area contributed by atoms with Crippen LogP contribution in [0.25, 0.3) is 0 Å². The van der Waals surface area contributed by atoms with Crippen LogP contribution in [-0.4, -0.2) is 21.7 Å². The molecule has 4 aliphatic rings. The molecule has 0 unspecified atom stereocenters. The maximum absolute atomic E-state index is 12.6. The number of aromatic nitrogens is 2. The molecule has 4 bridgehead atoms. The summed E-state index contributed by atoms with van der Waals surface area (Å²) in [5, 5.41) is 6.71. The Hall–Kier alpha value is -1.46. The Morgan fingerprint density at radius 2 is 1.83 bits per heavy atom. The lowest BCUT2D eigenvalue weighted by atomic mass is 9.48. The van der Waals surface area contributed by atoms with Crippen LogP contribution in [0.2, 0.25) is 0 Å². The van der Waals surface area contributed by atoms with Crippen LogP contribution in [0.15, 0.2) is 12.3 Å². The van der Waals surface area contributed by atoms with Crippen LogP contribution in [0.3, 0.4) is 0 Å². The van der Waals surface area contributed by atoms with E-state index in [0.29, 0.717) is 4.68 Å². The van der Waals surface area contributed by atoms with Crippen LogP contribution in [0.5, 0.6) is 0 Å². The Bertz CT molecular complexity index is 577. The molecule has 0 aliphatic heterocycles. The molecule has 4 saturated carbocycles. The number of hydrogen-bond acceptors (Lipinski definition) is 2. The highest BCUT2D eigenvalue weighted by Gasteiger charge is 2.53. The molecule has 1 N–H and O–H groups in total. The molecule has 0 radical (unpaired) electrons. The van der Waals surface area contributed by atoms with Crippen molar-refractivity contribution in [1.29, 1.82) is 0 Å². The third kappa shape index (κ3) is 2.56. The zero-order chi connectivity index (χ0) is 16.2. The number of carbonyl (C=O) groups excluding carboxylic acids is 1. The topological polar surface area (TPSA) is 46.9 Å². The highest BCUT2D eigenvalue weighted by atomic mass is 19.3. The average molecular weight is 323 g/mol. The summed E-state index contributed by atoms with van der Waals surface area (Å²) in [6.45, 7) is -0.632. The zero-order valence-corrected chi connectivity index (χ0v) is 13.3. The van der Waals surface area contributed by atoms with Gasteiger partial charge in [-0.2, -0.15) is 13.9 Å². The van der Waals surface area contributed by atoms with Crippen molar-refractivity contribution in [3.8, 4) is 0 Å². The Kier molecular flexibility index (Phi) is 3.46. The van der Waals surface area contributed by atoms with Gasteiger partial charge in [0.05, 0.1) is 0 Å². The summed E-state index contributed by atoms with van der Waals surface area (Å²) in [7, 11) is 0. The quantitative estimate of drug-likeness (QED) is 0.920. The van der Waals surface area contributed by atoms with Crippen molar-refractivity contribution < 1.29 is 13.6 Å². The molecule has 0 spiro atoms. The monoisotopic (exact) mass is 323 g/mol. The van der Waals surface area contributed by atoms with Crippen molar-refractivity contribution in [3.63, 3.8) is 0 Å². The minimum atomic E-state index is -2.71. The molecule has 1 aromatic rings. The first-order valence-electron chi connectivity index (χ1n) is 8.59. The molecular weight excluding hydrogens is 300 g/mol. The minimum absolute atomic E-state index is 0.0695. The molecule has 1 heterocycles. The normalized spacial score (nSPS) is 36.4. The van der Waals surface area contributed by atoms with Gasteiger partial charge in [0.2, 0.25) is 0 Å². The molecule has 1 aromatic heterocycles. The third-order valence-corrected chi connectivity index (χ3v) is 6.39. The van der Waals surface area contributed by atoms with Gasteiger partial charge < -0.3 is 5.32 Å². The van der Waals surface area contributed by atoms with E-state index in [1.165, 1.54) is 44.6 Å². The summed E-state index contributed by atoms with van der Waals surface area (Å²) in [6.07, 6.45) is 8.83. The molecule has 4 nitrogen and oxygen atoms in total. The third-order valence-electron chi connectivity index (χ3n) is 6.39. The SMILES string of the molecule is C[C@@H](NC(=O)c1ccn(C(F)F)n1)C12CC3CC(CC(C3)C1)C2. The summed E-state index contributed by atoms with van der Waals surface area (Å²) in [4.78, 5) is 12.4. The van der Waals surface area contributed by atoms with Gasteiger partial charge in [0.25, 0.3) is 5.91 Å². The molecule has 4 fully saturated rings. The van der Waals surface area contributed by atoms with Gasteiger partial charge >= 0.3 is 6.55 Å². The lowest BCUT2D eigenvalue weighted by molar-refractivity contribution is -0.0688. The molecule has 0 saturated heterocycles. The van der Waals surface area contributed by atoms with Gasteiger partial charge in [-0.3, -0.25) is 4.79 Å². The molecule has 126 valence electrons. The van der Waals surface area contributed by atoms with Crippen LogP contribution in [0.4, 0.5) is 8.78 Å². The second-order valence-corrected chi connectivity index (χ2v) is 7.93. The smallest absolute Gasteiger partial charge is 0.333 e. The average Bonchev–Trinajstić information content (AvgIpc) is 2.95. The maximum atomic E-state index is 12.6. The number of alkyl halides is 2. The molecule has 23 heavy (non-hydrogen) atoms. The standard InChI is InChI=1S/C17H23F2N3O/c1-10(20-15(23)14-2-3-22(21-14)16(18)19)17-7-11-4-12(8-17)6-13(5-11)9-17/h2-3,10-13,16H,4-9H2,1H3,(H,20,23)/t10-,11?,12?,13?,17?/m1/s1. The van der Waals surface area contributed by atoms with Gasteiger partial charge in [0.15, 0.2) is 0 Å². The fourth-order valence-corrected chi connectivity index (χ4v) is 5.70. The first kappa shape index (κ1) is 15.1. The van der Waals surface area contributed by atoms with Crippen molar-refractivity contribution in [1.82, 2.24) is 15.1 Å². The second kappa shape index (κ2) is 5.28. The van der Waals surface area contributed by atoms with Crippen molar-refractivity contribution in [2.75, 3.05) is 0 Å². The Morgan fingerprint density at radius 3 is 2.30 bits per heavy atom. The van der Waals surface area contributed by atoms with E-state index in [9.17, 15) is 13.6 Å². The summed E-state index contributed by atoms with van der Waals surface area (Å²) < 4.78 is 25.7. The van der Waals surface area contributed by atoms with E-state index < -0.39 is 6.55 Å². The molecule has 1 atom stereocenters. The van der Waals surface area contributed by atoms with Crippen molar-refractivity contribution >= 4 is 5.91 Å². The second-order valence-electron chi connectivity index (χ2n) is 7.93. The van der Waals surface area contributed by atoms with Crippen molar-refractivity contribution in [2.45, 2.75) is 58.0 Å². The van der Waals surface area contributed by atoms with Gasteiger partial charge in [-0.05, 0) is 74.7 Å². The van der Waals surface area contributed by atoms with E-state index in [-0.39, 0.29) is 23.1 Å². The van der Waals surface area contributed by atoms with Crippen molar-refractivity contribution in [2.24, 2.45) is 23.2 Å². The molecule has 0 aromatic carbocycles. The van der Waals surface area contributed by atoms with Crippen LogP contribution >= 0.6 is 0 Å². The number of amides is 1. The van der Waals surface area contributed by atoms with E-state index in [2.05, 4.69) is 17.3 Å². The summed E-state index contributed by atoms with van der Waals surface area (Å²) in [6, 6.07) is 1.42. The van der Waals surface area contributed by atoms with E-state index in [1.807, 2.05) is 0 Å². The van der Waals surface area contributed by atoms with Crippen LogP contribution in [0, 0.1) is 23.2 Å². The van der Waals surface area contributed by atoms with Crippen LogP contribution in [-0.2, 0) is 0 Å². The summed E-state index contributed by atoms with van der Waals surface area (Å²) in [5.74, 6) is 2.11. The Morgan fingerprint density at radius 1 is 1.26 bits per heavy atom. The molecular formula is C17H23F2N3O. The fourth-order valence-electron chi connectivity index (χ4n) is 5.70. The van der Waals surface area contributed by atoms with Gasteiger partial charge in [0, 0.05) is 12.2 Å². The lowest BCUT2D eigenvalue weighted by Crippen LogP contribution is -2.55. The Labute approximate surface area is 134 Å². The predicted molar refractivity (Wildman–Crippen MR) is 81.0 cm³/mol. The van der Waals surface area contributed by atoms with E-state index in [0.717, 1.165) is 24.0 Å². The van der Waals surface area contributed by atoms with Crippen LogP contribution < -0.4 is 5.32 Å². The maximum Gasteiger partial charge on any atom is 0.333 e. The number of rotatable bonds is 4. The molecule has 5 rings (SSSR count). The van der Waals surface area contributed by atoms with Gasteiger partial charge in [-0.15, -0.1) is 0 Å². The molecule has 1 amide bonds.